The van der Waals surface area contributed by atoms with Gasteiger partial charge < -0.3 is 9.47 Å². The summed E-state index contributed by atoms with van der Waals surface area (Å²) in [6.07, 6.45) is 3.12. The van der Waals surface area contributed by atoms with Crippen molar-refractivity contribution in [3.05, 3.63) is 72.6 Å². The molecule has 0 saturated carbocycles. The van der Waals surface area contributed by atoms with Gasteiger partial charge in [-0.05, 0) is 29.8 Å². The Morgan fingerprint density at radius 1 is 1.21 bits per heavy atom. The summed E-state index contributed by atoms with van der Waals surface area (Å²) in [4.78, 5) is 11.6. The first-order valence-electron chi connectivity index (χ1n) is 7.22. The van der Waals surface area contributed by atoms with Crippen molar-refractivity contribution >= 4 is 12.1 Å². The molecule has 1 N–H and O–H groups in total. The van der Waals surface area contributed by atoms with E-state index >= 15 is 0 Å². The molecule has 124 valence electrons. The topological polar surface area (TPSA) is 59.9 Å². The van der Waals surface area contributed by atoms with E-state index in [0.29, 0.717) is 12.4 Å². The molecule has 6 heteroatoms. The van der Waals surface area contributed by atoms with E-state index in [1.54, 1.807) is 24.3 Å². The van der Waals surface area contributed by atoms with E-state index in [4.69, 9.17) is 9.47 Å². The number of nitrogens with one attached hydrogen (secondary N) is 1. The summed E-state index contributed by atoms with van der Waals surface area (Å²) in [7, 11) is 0. The average molecular weight is 328 g/mol. The van der Waals surface area contributed by atoms with Crippen LogP contribution in [-0.4, -0.2) is 25.3 Å². The fourth-order valence-corrected chi connectivity index (χ4v) is 1.76. The molecule has 0 saturated heterocycles. The second-order valence-electron chi connectivity index (χ2n) is 4.68. The van der Waals surface area contributed by atoms with Gasteiger partial charge in [0.2, 0.25) is 0 Å². The number of hydrogen-bond donors (Lipinski definition) is 1. The Hall–Kier alpha value is -3.15. The number of nitrogens with zero attached hydrogens (tertiary/aromatic N) is 1. The molecular formula is C18H17FN2O3. The summed E-state index contributed by atoms with van der Waals surface area (Å²) in [6.45, 7) is 3.65. The van der Waals surface area contributed by atoms with Gasteiger partial charge in [-0.2, -0.15) is 5.10 Å². The average Bonchev–Trinajstić information content (AvgIpc) is 2.60. The van der Waals surface area contributed by atoms with Gasteiger partial charge >= 0.3 is 0 Å². The number of carbonyl (C=O) groups excluding carboxylic acids is 1. The highest BCUT2D eigenvalue weighted by molar-refractivity contribution is 5.83. The van der Waals surface area contributed by atoms with Crippen molar-refractivity contribution in [2.75, 3.05) is 13.2 Å². The molecule has 0 atom stereocenters. The van der Waals surface area contributed by atoms with Crippen molar-refractivity contribution in [1.82, 2.24) is 5.43 Å². The van der Waals surface area contributed by atoms with Crippen molar-refractivity contribution in [1.29, 1.82) is 0 Å². The Bertz CT molecular complexity index is 732. The van der Waals surface area contributed by atoms with Gasteiger partial charge in [-0.15, -0.1) is 0 Å². The highest BCUT2D eigenvalue weighted by Gasteiger charge is 2.05. The molecule has 2 aromatic carbocycles. The van der Waals surface area contributed by atoms with Gasteiger partial charge in [0, 0.05) is 0 Å². The standard InChI is InChI=1S/C18H17FN2O3/c1-2-10-23-15-7-5-6-14(11-15)12-20-21-18(22)13-24-17-9-4-3-8-16(17)19/h2-9,11-12H,1,10,13H2,(H,21,22)/b20-12-. The lowest BCUT2D eigenvalue weighted by Crippen LogP contribution is -2.24. The van der Waals surface area contributed by atoms with Crippen LogP contribution >= 0.6 is 0 Å². The number of hydrogen-bond acceptors (Lipinski definition) is 4. The zero-order valence-electron chi connectivity index (χ0n) is 12.9. The Morgan fingerprint density at radius 2 is 2.04 bits per heavy atom. The first-order chi connectivity index (χ1) is 11.7. The molecule has 0 unspecified atom stereocenters. The SMILES string of the molecule is C=CCOc1cccc(/C=N\NC(=O)COc2ccccc2F)c1. The van der Waals surface area contributed by atoms with E-state index in [-0.39, 0.29) is 12.4 Å². The molecule has 0 aliphatic heterocycles. The molecule has 24 heavy (non-hydrogen) atoms. The van der Waals surface area contributed by atoms with E-state index in [0.717, 1.165) is 5.56 Å². The second kappa shape index (κ2) is 9.09. The van der Waals surface area contributed by atoms with E-state index < -0.39 is 11.7 Å². The highest BCUT2D eigenvalue weighted by atomic mass is 19.1. The predicted molar refractivity (Wildman–Crippen MR) is 89.8 cm³/mol. The smallest absolute Gasteiger partial charge is 0.277 e. The minimum Gasteiger partial charge on any atom is -0.490 e. The van der Waals surface area contributed by atoms with Gasteiger partial charge in [0.1, 0.15) is 12.4 Å². The summed E-state index contributed by atoms with van der Waals surface area (Å²) in [5.74, 6) is -0.324. The fourth-order valence-electron chi connectivity index (χ4n) is 1.76. The monoisotopic (exact) mass is 328 g/mol. The van der Waals surface area contributed by atoms with Crippen LogP contribution < -0.4 is 14.9 Å². The minimum atomic E-state index is -0.523. The van der Waals surface area contributed by atoms with Gasteiger partial charge in [0.15, 0.2) is 18.2 Å². The second-order valence-corrected chi connectivity index (χ2v) is 4.68. The normalized spacial score (nSPS) is 10.4. The lowest BCUT2D eigenvalue weighted by Gasteiger charge is -2.05. The summed E-state index contributed by atoms with van der Waals surface area (Å²) in [5.41, 5.74) is 3.07. The lowest BCUT2D eigenvalue weighted by atomic mass is 10.2. The summed E-state index contributed by atoms with van der Waals surface area (Å²) < 4.78 is 23.8. The minimum absolute atomic E-state index is 0.0173. The van der Waals surface area contributed by atoms with Crippen LogP contribution in [0.25, 0.3) is 0 Å². The number of halogens is 1. The van der Waals surface area contributed by atoms with Gasteiger partial charge in [0.25, 0.3) is 5.91 Å². The summed E-state index contributed by atoms with van der Waals surface area (Å²) in [6, 6.07) is 13.1. The zero-order valence-corrected chi connectivity index (χ0v) is 12.9. The Balaban J connectivity index is 1.82. The van der Waals surface area contributed by atoms with Crippen LogP contribution in [0.2, 0.25) is 0 Å². The lowest BCUT2D eigenvalue weighted by molar-refractivity contribution is -0.123. The molecule has 2 aromatic rings. The Morgan fingerprint density at radius 3 is 2.83 bits per heavy atom. The number of carbonyl (C=O) groups is 1. The van der Waals surface area contributed by atoms with Crippen LogP contribution in [-0.2, 0) is 4.79 Å². The van der Waals surface area contributed by atoms with Crippen LogP contribution in [0.15, 0.2) is 66.3 Å². The van der Waals surface area contributed by atoms with Gasteiger partial charge in [0.05, 0.1) is 6.21 Å². The van der Waals surface area contributed by atoms with Crippen LogP contribution in [0.4, 0.5) is 4.39 Å². The molecule has 2 rings (SSSR count). The third-order valence-corrected chi connectivity index (χ3v) is 2.82. The van der Waals surface area contributed by atoms with Crippen molar-refractivity contribution in [3.63, 3.8) is 0 Å². The van der Waals surface area contributed by atoms with Gasteiger partial charge in [-0.1, -0.05) is 36.9 Å². The predicted octanol–water partition coefficient (Wildman–Crippen LogP) is 2.92. The molecular weight excluding hydrogens is 311 g/mol. The largest absolute Gasteiger partial charge is 0.490 e. The number of rotatable bonds is 8. The van der Waals surface area contributed by atoms with Crippen molar-refractivity contribution in [2.45, 2.75) is 0 Å². The van der Waals surface area contributed by atoms with Gasteiger partial charge in [-0.25, -0.2) is 9.82 Å². The van der Waals surface area contributed by atoms with Crippen LogP contribution in [0, 0.1) is 5.82 Å². The number of benzene rings is 2. The fraction of sp³-hybridized carbons (Fsp3) is 0.111. The molecule has 0 aliphatic rings. The Labute approximate surface area is 139 Å². The maximum Gasteiger partial charge on any atom is 0.277 e. The zero-order chi connectivity index (χ0) is 17.2. The van der Waals surface area contributed by atoms with Crippen molar-refractivity contribution in [3.8, 4) is 11.5 Å². The van der Waals surface area contributed by atoms with E-state index in [2.05, 4.69) is 17.1 Å². The molecule has 0 aromatic heterocycles. The van der Waals surface area contributed by atoms with Crippen LogP contribution in [0.5, 0.6) is 11.5 Å². The third-order valence-electron chi connectivity index (χ3n) is 2.82. The molecule has 0 fully saturated rings. The first kappa shape index (κ1) is 17.2. The highest BCUT2D eigenvalue weighted by Crippen LogP contribution is 2.15. The van der Waals surface area contributed by atoms with Crippen LogP contribution in [0.1, 0.15) is 5.56 Å². The van der Waals surface area contributed by atoms with E-state index in [9.17, 15) is 9.18 Å². The number of ether oxygens (including phenoxy) is 2. The van der Waals surface area contributed by atoms with E-state index in [1.165, 1.54) is 18.3 Å². The van der Waals surface area contributed by atoms with Crippen molar-refractivity contribution < 1.29 is 18.7 Å². The molecule has 0 spiro atoms. The molecule has 0 heterocycles. The third kappa shape index (κ3) is 5.57. The number of amides is 1. The van der Waals surface area contributed by atoms with E-state index in [1.807, 2.05) is 18.2 Å². The van der Waals surface area contributed by atoms with Crippen molar-refractivity contribution in [2.24, 2.45) is 5.10 Å². The molecule has 0 bridgehead atoms. The maximum absolute atomic E-state index is 13.3. The van der Waals surface area contributed by atoms with Gasteiger partial charge in [-0.3, -0.25) is 4.79 Å². The molecule has 5 nitrogen and oxygen atoms in total. The first-order valence-corrected chi connectivity index (χ1v) is 7.22. The number of para-hydroxylation sites is 1. The molecule has 0 aliphatic carbocycles. The Kier molecular flexibility index (Phi) is 6.52. The van der Waals surface area contributed by atoms with Crippen LogP contribution in [0.3, 0.4) is 0 Å². The summed E-state index contributed by atoms with van der Waals surface area (Å²) >= 11 is 0. The quantitative estimate of drug-likeness (QED) is 0.460. The molecule has 1 amide bonds. The maximum atomic E-state index is 13.3. The molecule has 0 radical (unpaired) electrons. The number of hydrazone groups is 1. The summed E-state index contributed by atoms with van der Waals surface area (Å²) in [5, 5.41) is 3.82.